The molecule has 0 aliphatic carbocycles. The molecule has 0 saturated carbocycles. The molecule has 0 radical (unpaired) electrons. The number of benzene rings is 1. The van der Waals surface area contributed by atoms with Crippen molar-refractivity contribution in [2.75, 3.05) is 13.2 Å². The van der Waals surface area contributed by atoms with E-state index in [4.69, 9.17) is 10.00 Å². The van der Waals surface area contributed by atoms with Crippen molar-refractivity contribution in [1.29, 1.82) is 5.26 Å². The number of hydrogen-bond donors (Lipinski definition) is 1. The van der Waals surface area contributed by atoms with E-state index >= 15 is 0 Å². The van der Waals surface area contributed by atoms with Crippen molar-refractivity contribution in [3.05, 3.63) is 47.8 Å². The normalized spacial score (nSPS) is 13.4. The van der Waals surface area contributed by atoms with Gasteiger partial charge < -0.3 is 10.1 Å². The highest BCUT2D eigenvalue weighted by atomic mass is 16.5. The number of aromatic nitrogens is 2. The molecule has 116 valence electrons. The van der Waals surface area contributed by atoms with E-state index < -0.39 is 0 Å². The van der Waals surface area contributed by atoms with Gasteiger partial charge in [0, 0.05) is 18.8 Å². The van der Waals surface area contributed by atoms with Gasteiger partial charge in [-0.3, -0.25) is 4.68 Å². The van der Waals surface area contributed by atoms with Crippen molar-refractivity contribution in [3.8, 4) is 11.8 Å². The highest BCUT2D eigenvalue weighted by Gasteiger charge is 2.13. The SMILES string of the molecule is Cc1cnn([C@H](C)[C@@H](C)NCCOc2ccc(C#N)cc2)c1. The molecule has 0 saturated heterocycles. The Kier molecular flexibility index (Phi) is 5.56. The average molecular weight is 298 g/mol. The molecule has 0 aliphatic heterocycles. The second kappa shape index (κ2) is 7.62. The van der Waals surface area contributed by atoms with Crippen molar-refractivity contribution < 1.29 is 4.74 Å². The van der Waals surface area contributed by atoms with E-state index in [1.54, 1.807) is 12.1 Å². The largest absolute Gasteiger partial charge is 0.492 e. The number of nitrogens with zero attached hydrogens (tertiary/aromatic N) is 3. The number of hydrogen-bond acceptors (Lipinski definition) is 4. The van der Waals surface area contributed by atoms with Gasteiger partial charge in [-0.05, 0) is 50.6 Å². The molecule has 5 nitrogen and oxygen atoms in total. The average Bonchev–Trinajstić information content (AvgIpc) is 2.97. The minimum absolute atomic E-state index is 0.281. The van der Waals surface area contributed by atoms with Crippen molar-refractivity contribution in [3.63, 3.8) is 0 Å². The quantitative estimate of drug-likeness (QED) is 0.798. The van der Waals surface area contributed by atoms with Crippen LogP contribution in [0.4, 0.5) is 0 Å². The first-order chi connectivity index (χ1) is 10.6. The summed E-state index contributed by atoms with van der Waals surface area (Å²) < 4.78 is 7.63. The van der Waals surface area contributed by atoms with E-state index in [1.807, 2.05) is 29.9 Å². The van der Waals surface area contributed by atoms with E-state index in [0.29, 0.717) is 18.2 Å². The fourth-order valence-electron chi connectivity index (χ4n) is 2.14. The fraction of sp³-hybridized carbons (Fsp3) is 0.412. The molecule has 1 N–H and O–H groups in total. The minimum Gasteiger partial charge on any atom is -0.492 e. The summed E-state index contributed by atoms with van der Waals surface area (Å²) in [5.41, 5.74) is 1.81. The highest BCUT2D eigenvalue weighted by molar-refractivity contribution is 5.34. The van der Waals surface area contributed by atoms with Gasteiger partial charge in [0.25, 0.3) is 0 Å². The van der Waals surface area contributed by atoms with Gasteiger partial charge >= 0.3 is 0 Å². The molecule has 1 aromatic carbocycles. The Morgan fingerprint density at radius 3 is 2.64 bits per heavy atom. The smallest absolute Gasteiger partial charge is 0.119 e. The van der Waals surface area contributed by atoms with E-state index in [-0.39, 0.29) is 6.04 Å². The predicted octanol–water partition coefficient (Wildman–Crippen LogP) is 2.68. The molecule has 0 aliphatic rings. The summed E-state index contributed by atoms with van der Waals surface area (Å²) in [6.45, 7) is 7.67. The van der Waals surface area contributed by atoms with Crippen LogP contribution in [-0.4, -0.2) is 29.0 Å². The van der Waals surface area contributed by atoms with Crippen molar-refractivity contribution in [1.82, 2.24) is 15.1 Å². The highest BCUT2D eigenvalue weighted by Crippen LogP contribution is 2.12. The molecule has 22 heavy (non-hydrogen) atoms. The lowest BCUT2D eigenvalue weighted by Crippen LogP contribution is -2.36. The summed E-state index contributed by atoms with van der Waals surface area (Å²) >= 11 is 0. The van der Waals surface area contributed by atoms with Gasteiger partial charge in [-0.1, -0.05) is 0 Å². The van der Waals surface area contributed by atoms with Crippen LogP contribution in [0.25, 0.3) is 0 Å². The lowest BCUT2D eigenvalue weighted by molar-refractivity contribution is 0.289. The molecule has 2 aromatic rings. The molecule has 0 unspecified atom stereocenters. The number of aryl methyl sites for hydroxylation is 1. The molecule has 2 rings (SSSR count). The maximum atomic E-state index is 8.74. The van der Waals surface area contributed by atoms with Gasteiger partial charge in [-0.2, -0.15) is 10.4 Å². The Hall–Kier alpha value is -2.32. The first-order valence-corrected chi connectivity index (χ1v) is 7.47. The van der Waals surface area contributed by atoms with Gasteiger partial charge in [0.2, 0.25) is 0 Å². The van der Waals surface area contributed by atoms with E-state index in [1.165, 1.54) is 5.56 Å². The molecule has 0 fully saturated rings. The summed E-state index contributed by atoms with van der Waals surface area (Å²) in [7, 11) is 0. The van der Waals surface area contributed by atoms with Gasteiger partial charge in [-0.25, -0.2) is 0 Å². The lowest BCUT2D eigenvalue weighted by atomic mass is 10.2. The predicted molar refractivity (Wildman–Crippen MR) is 85.8 cm³/mol. The summed E-state index contributed by atoms with van der Waals surface area (Å²) in [6, 6.07) is 9.81. The second-order valence-corrected chi connectivity index (χ2v) is 5.47. The Morgan fingerprint density at radius 1 is 1.32 bits per heavy atom. The van der Waals surface area contributed by atoms with Crippen molar-refractivity contribution in [2.45, 2.75) is 32.9 Å². The minimum atomic E-state index is 0.281. The van der Waals surface area contributed by atoms with E-state index in [2.05, 4.69) is 36.5 Å². The molecule has 1 aromatic heterocycles. The number of nitrogens with one attached hydrogen (secondary N) is 1. The molecule has 0 amide bonds. The first kappa shape index (κ1) is 16.1. The van der Waals surface area contributed by atoms with E-state index in [9.17, 15) is 0 Å². The third-order valence-corrected chi connectivity index (χ3v) is 3.69. The van der Waals surface area contributed by atoms with Gasteiger partial charge in [0.15, 0.2) is 0 Å². The van der Waals surface area contributed by atoms with E-state index in [0.717, 1.165) is 12.3 Å². The third-order valence-electron chi connectivity index (χ3n) is 3.69. The van der Waals surface area contributed by atoms with Gasteiger partial charge in [-0.15, -0.1) is 0 Å². The Labute approximate surface area is 131 Å². The van der Waals surface area contributed by atoms with Crippen molar-refractivity contribution in [2.24, 2.45) is 0 Å². The topological polar surface area (TPSA) is 62.9 Å². The van der Waals surface area contributed by atoms with Crippen LogP contribution in [0.15, 0.2) is 36.7 Å². The molecule has 0 bridgehead atoms. The second-order valence-electron chi connectivity index (χ2n) is 5.47. The molecule has 1 heterocycles. The zero-order valence-electron chi connectivity index (χ0n) is 13.3. The monoisotopic (exact) mass is 298 g/mol. The van der Waals surface area contributed by atoms with Gasteiger partial charge in [0.1, 0.15) is 12.4 Å². The maximum Gasteiger partial charge on any atom is 0.119 e. The van der Waals surface area contributed by atoms with Crippen LogP contribution >= 0.6 is 0 Å². The lowest BCUT2D eigenvalue weighted by Gasteiger charge is -2.21. The van der Waals surface area contributed by atoms with Crippen LogP contribution in [0.1, 0.15) is 31.0 Å². The Bertz CT molecular complexity index is 627. The molecule has 0 spiro atoms. The van der Waals surface area contributed by atoms with Crippen LogP contribution in [0.2, 0.25) is 0 Å². The summed E-state index contributed by atoms with van der Waals surface area (Å²) in [4.78, 5) is 0. The number of rotatable bonds is 7. The van der Waals surface area contributed by atoms with Crippen LogP contribution in [0.5, 0.6) is 5.75 Å². The maximum absolute atomic E-state index is 8.74. The first-order valence-electron chi connectivity index (χ1n) is 7.47. The molecule has 2 atom stereocenters. The number of ether oxygens (including phenoxy) is 1. The summed E-state index contributed by atoms with van der Waals surface area (Å²) in [5.74, 6) is 0.782. The standard InChI is InChI=1S/C17H22N4O/c1-13-11-20-21(12-13)15(3)14(2)19-8-9-22-17-6-4-16(10-18)5-7-17/h4-7,11-12,14-15,19H,8-9H2,1-3H3/t14-,15-/m1/s1. The summed E-state index contributed by atoms with van der Waals surface area (Å²) in [6.07, 6.45) is 3.92. The van der Waals surface area contributed by atoms with Crippen LogP contribution in [0, 0.1) is 18.3 Å². The zero-order valence-corrected chi connectivity index (χ0v) is 13.3. The van der Waals surface area contributed by atoms with Crippen LogP contribution in [-0.2, 0) is 0 Å². The van der Waals surface area contributed by atoms with Crippen molar-refractivity contribution >= 4 is 0 Å². The van der Waals surface area contributed by atoms with Gasteiger partial charge in [0.05, 0.1) is 23.9 Å². The van der Waals surface area contributed by atoms with Crippen LogP contribution in [0.3, 0.4) is 0 Å². The third kappa shape index (κ3) is 4.34. The summed E-state index contributed by atoms with van der Waals surface area (Å²) in [5, 5.41) is 16.5. The van der Waals surface area contributed by atoms with Crippen LogP contribution < -0.4 is 10.1 Å². The number of nitriles is 1. The Morgan fingerprint density at radius 2 is 2.05 bits per heavy atom. The fourth-order valence-corrected chi connectivity index (χ4v) is 2.14. The Balaban J connectivity index is 1.72. The molecular formula is C17H22N4O. The zero-order chi connectivity index (χ0) is 15.9. The molecular weight excluding hydrogens is 276 g/mol. The molecule has 5 heteroatoms.